The zero-order valence-electron chi connectivity index (χ0n) is 19.0. The Kier molecular flexibility index (Phi) is 4.57. The van der Waals surface area contributed by atoms with Gasteiger partial charge in [-0.2, -0.15) is 0 Å². The molecule has 3 atom stereocenters. The van der Waals surface area contributed by atoms with Crippen molar-refractivity contribution in [3.05, 3.63) is 72.1 Å². The summed E-state index contributed by atoms with van der Waals surface area (Å²) in [5.41, 5.74) is 3.10. The van der Waals surface area contributed by atoms with Crippen LogP contribution in [0.5, 0.6) is 0 Å². The first-order valence-corrected chi connectivity index (χ1v) is 11.4. The second-order valence-corrected chi connectivity index (χ2v) is 9.52. The quantitative estimate of drug-likeness (QED) is 0.618. The summed E-state index contributed by atoms with van der Waals surface area (Å²) in [4.78, 5) is 21.3. The number of benzene rings is 2. The number of amides is 1. The number of β-amino-alcohol motifs (C(OH)–C–C–N with tert-alkyl or cyclic N) is 1. The number of hydrogen-bond donors (Lipinski definition) is 3. The summed E-state index contributed by atoms with van der Waals surface area (Å²) in [6.07, 6.45) is 5.44. The Morgan fingerprint density at radius 2 is 2.03 bits per heavy atom. The van der Waals surface area contributed by atoms with Crippen molar-refractivity contribution in [3.8, 4) is 0 Å². The van der Waals surface area contributed by atoms with E-state index in [1.165, 1.54) is 0 Å². The number of carbonyl (C=O) groups excluding carboxylic acids is 1. The van der Waals surface area contributed by atoms with E-state index in [0.29, 0.717) is 24.8 Å². The number of fused-ring (bicyclic) bond motifs is 2. The van der Waals surface area contributed by atoms with Crippen molar-refractivity contribution in [2.45, 2.75) is 37.8 Å². The van der Waals surface area contributed by atoms with Crippen LogP contribution >= 0.6 is 0 Å². The van der Waals surface area contributed by atoms with E-state index >= 15 is 0 Å². The Bertz CT molecular complexity index is 1300. The minimum atomic E-state index is -0.556. The lowest BCUT2D eigenvalue weighted by Gasteiger charge is -2.35. The first-order chi connectivity index (χ1) is 16.4. The molecule has 0 aliphatic carbocycles. The van der Waals surface area contributed by atoms with E-state index in [4.69, 9.17) is 10.1 Å². The minimum absolute atomic E-state index is 0.0111. The maximum atomic E-state index is 12.3. The van der Waals surface area contributed by atoms with Gasteiger partial charge in [-0.05, 0) is 53.3 Å². The summed E-state index contributed by atoms with van der Waals surface area (Å²) in [6, 6.07) is 15.9. The van der Waals surface area contributed by atoms with Crippen LogP contribution in [-0.4, -0.2) is 51.4 Å². The highest BCUT2D eigenvalue weighted by Crippen LogP contribution is 2.41. The summed E-state index contributed by atoms with van der Waals surface area (Å²) < 4.78 is 0.0111. The van der Waals surface area contributed by atoms with E-state index in [-0.39, 0.29) is 16.7 Å². The zero-order valence-corrected chi connectivity index (χ0v) is 19.0. The van der Waals surface area contributed by atoms with Gasteiger partial charge in [-0.3, -0.25) is 9.79 Å². The third-order valence-corrected chi connectivity index (χ3v) is 6.95. The Morgan fingerprint density at radius 3 is 2.85 bits per heavy atom. The van der Waals surface area contributed by atoms with Gasteiger partial charge in [0.1, 0.15) is 6.21 Å². The summed E-state index contributed by atoms with van der Waals surface area (Å²) in [7, 11) is 0. The van der Waals surface area contributed by atoms with Crippen molar-refractivity contribution in [1.29, 1.82) is 0 Å². The summed E-state index contributed by atoms with van der Waals surface area (Å²) in [5, 5.41) is 23.9. The average Bonchev–Trinajstić information content (AvgIpc) is 3.46. The normalized spacial score (nSPS) is 28.9. The molecule has 4 aliphatic heterocycles. The average molecular weight is 457 g/mol. The fourth-order valence-corrected chi connectivity index (χ4v) is 5.11. The number of aliphatic hydroxyl groups is 1. The van der Waals surface area contributed by atoms with Gasteiger partial charge in [-0.15, -0.1) is 10.0 Å². The Morgan fingerprint density at radius 1 is 1.21 bits per heavy atom. The van der Waals surface area contributed by atoms with Crippen LogP contribution in [0.1, 0.15) is 37.4 Å². The molecular formula is C25H26N7O2+. The second kappa shape index (κ2) is 7.42. The molecule has 1 saturated heterocycles. The Hall–Kier alpha value is -3.66. The lowest BCUT2D eigenvalue weighted by Crippen LogP contribution is -2.56. The lowest BCUT2D eigenvalue weighted by molar-refractivity contribution is -0.921. The van der Waals surface area contributed by atoms with Gasteiger partial charge >= 0.3 is 5.84 Å². The van der Waals surface area contributed by atoms with E-state index in [9.17, 15) is 9.90 Å². The molecule has 0 spiro atoms. The highest BCUT2D eigenvalue weighted by atomic mass is 16.3. The number of aliphatic imine (C=N–C) groups is 2. The van der Waals surface area contributed by atoms with Gasteiger partial charge in [0.25, 0.3) is 5.96 Å². The van der Waals surface area contributed by atoms with Crippen LogP contribution in [0, 0.1) is 0 Å². The van der Waals surface area contributed by atoms with Crippen LogP contribution in [0.4, 0.5) is 11.4 Å². The molecule has 1 unspecified atom stereocenters. The van der Waals surface area contributed by atoms with Crippen LogP contribution in [0.2, 0.25) is 0 Å². The molecule has 0 aromatic heterocycles. The first-order valence-electron chi connectivity index (χ1n) is 11.4. The van der Waals surface area contributed by atoms with Crippen molar-refractivity contribution in [1.82, 2.24) is 5.01 Å². The Balaban J connectivity index is 1.34. The molecule has 34 heavy (non-hydrogen) atoms. The Labute approximate surface area is 197 Å². The van der Waals surface area contributed by atoms with E-state index in [2.05, 4.69) is 32.8 Å². The fourth-order valence-electron chi connectivity index (χ4n) is 5.11. The van der Waals surface area contributed by atoms with E-state index in [0.717, 1.165) is 22.5 Å². The molecule has 3 N–H and O–H groups in total. The number of anilines is 2. The molecule has 4 aliphatic rings. The monoisotopic (exact) mass is 456 g/mol. The number of nitrogens with zero attached hydrogens (tertiary/aromatic N) is 5. The first kappa shape index (κ1) is 20.9. The van der Waals surface area contributed by atoms with Gasteiger partial charge < -0.3 is 15.7 Å². The molecule has 0 bridgehead atoms. The van der Waals surface area contributed by atoms with Crippen LogP contribution in [0.25, 0.3) is 0 Å². The summed E-state index contributed by atoms with van der Waals surface area (Å²) >= 11 is 0. The highest BCUT2D eigenvalue weighted by Gasteiger charge is 2.53. The van der Waals surface area contributed by atoms with Crippen molar-refractivity contribution in [2.75, 3.05) is 17.2 Å². The molecule has 9 nitrogen and oxygen atoms in total. The molecule has 0 saturated carbocycles. The summed E-state index contributed by atoms with van der Waals surface area (Å²) in [5.74, 6) is 1.07. The molecule has 2 aromatic carbocycles. The van der Waals surface area contributed by atoms with Crippen molar-refractivity contribution >= 4 is 35.3 Å². The topological polar surface area (TPSA) is 102 Å². The standard InChI is InChI=1S/C25H25N7O2/c1-25(2)19-9-8-17(12-20(19)28-23(25)34)27-24-29-22-14-26-10-11-32(22,30-24)31-15-18(33)13-21(31)16-6-4-3-5-7-16/h3-12,14,18,21,33H,13,15H2,1-2H3,(H-,27,28,30,34)/p+1/t18-,21-,32?/m0/s1. The minimum Gasteiger partial charge on any atom is -0.391 e. The molecule has 1 fully saturated rings. The number of quaternary nitrogens is 1. The number of hydrogen-bond acceptors (Lipinski definition) is 7. The van der Waals surface area contributed by atoms with Crippen molar-refractivity contribution in [2.24, 2.45) is 15.1 Å². The number of guanidine groups is 1. The largest absolute Gasteiger partial charge is 0.391 e. The lowest BCUT2D eigenvalue weighted by atomic mass is 9.86. The van der Waals surface area contributed by atoms with Crippen LogP contribution < -0.4 is 10.6 Å². The third kappa shape index (κ3) is 3.12. The molecule has 1 amide bonds. The van der Waals surface area contributed by atoms with Gasteiger partial charge in [0.05, 0.1) is 30.3 Å². The van der Waals surface area contributed by atoms with E-state index in [1.54, 1.807) is 12.4 Å². The SMILES string of the molecule is CC1(C)C(=O)Nc2cc(NC3=N[N+]4(N5C[C@@H](O)C[C@H]5c5ccccc5)C=CN=CC4=N3)ccc21. The maximum absolute atomic E-state index is 12.3. The zero-order chi connectivity index (χ0) is 23.5. The van der Waals surface area contributed by atoms with Gasteiger partial charge in [-0.25, -0.2) is 0 Å². The van der Waals surface area contributed by atoms with Gasteiger partial charge in [0, 0.05) is 11.4 Å². The molecule has 172 valence electrons. The number of rotatable bonds is 3. The van der Waals surface area contributed by atoms with Crippen LogP contribution in [0.3, 0.4) is 0 Å². The third-order valence-electron chi connectivity index (χ3n) is 6.95. The smallest absolute Gasteiger partial charge is 0.301 e. The predicted molar refractivity (Wildman–Crippen MR) is 131 cm³/mol. The molecule has 2 aromatic rings. The number of aliphatic hydroxyl groups excluding tert-OH is 1. The molecule has 9 heteroatoms. The van der Waals surface area contributed by atoms with Crippen LogP contribution in [0.15, 0.2) is 76.0 Å². The van der Waals surface area contributed by atoms with Crippen LogP contribution in [-0.2, 0) is 10.2 Å². The molecular weight excluding hydrogens is 430 g/mol. The number of amidine groups is 1. The predicted octanol–water partition coefficient (Wildman–Crippen LogP) is 3.11. The fraction of sp³-hybridized carbons (Fsp3) is 0.280. The number of carbonyl (C=O) groups is 1. The second-order valence-electron chi connectivity index (χ2n) is 9.52. The molecule has 4 heterocycles. The highest BCUT2D eigenvalue weighted by molar-refractivity contribution is 6.30. The molecule has 6 rings (SSSR count). The maximum Gasteiger partial charge on any atom is 0.301 e. The van der Waals surface area contributed by atoms with E-state index in [1.807, 2.05) is 56.4 Å². The summed E-state index contributed by atoms with van der Waals surface area (Å²) in [6.45, 7) is 4.28. The van der Waals surface area contributed by atoms with Crippen molar-refractivity contribution in [3.63, 3.8) is 0 Å². The van der Waals surface area contributed by atoms with Crippen molar-refractivity contribution < 1.29 is 14.6 Å². The van der Waals surface area contributed by atoms with Gasteiger partial charge in [0.15, 0.2) is 6.20 Å². The van der Waals surface area contributed by atoms with Gasteiger partial charge in [0.2, 0.25) is 5.91 Å². The number of nitrogens with one attached hydrogen (secondary N) is 2. The van der Waals surface area contributed by atoms with Gasteiger partial charge in [-0.1, -0.05) is 36.4 Å². The molecule has 0 radical (unpaired) electrons. The van der Waals surface area contributed by atoms with E-state index < -0.39 is 11.5 Å².